The second-order valence-corrected chi connectivity index (χ2v) is 6.08. The Hall–Kier alpha value is -1.77. The third kappa shape index (κ3) is 2.65. The van der Waals surface area contributed by atoms with Crippen LogP contribution < -0.4 is 10.6 Å². The first-order valence-electron chi connectivity index (χ1n) is 6.48. The molecule has 1 amide bonds. The van der Waals surface area contributed by atoms with Gasteiger partial charge in [-0.3, -0.25) is 4.79 Å². The van der Waals surface area contributed by atoms with Gasteiger partial charge in [-0.2, -0.15) is 0 Å². The van der Waals surface area contributed by atoms with Crippen molar-refractivity contribution in [2.75, 3.05) is 11.9 Å². The number of hydrogen-bond acceptors (Lipinski definition) is 2. The number of amides is 1. The van der Waals surface area contributed by atoms with Gasteiger partial charge in [0.2, 0.25) is 0 Å². The van der Waals surface area contributed by atoms with Gasteiger partial charge in [-0.1, -0.05) is 0 Å². The summed E-state index contributed by atoms with van der Waals surface area (Å²) in [7, 11) is 0. The van der Waals surface area contributed by atoms with Gasteiger partial charge in [0.25, 0.3) is 5.91 Å². The van der Waals surface area contributed by atoms with Crippen LogP contribution in [0.3, 0.4) is 0 Å². The highest BCUT2D eigenvalue weighted by Gasteiger charge is 2.26. The molecule has 0 aromatic heterocycles. The summed E-state index contributed by atoms with van der Waals surface area (Å²) in [5.74, 6) is -3.38. The molecule has 0 spiro atoms. The van der Waals surface area contributed by atoms with Crippen molar-refractivity contribution in [3.05, 3.63) is 56.4 Å². The predicted molar refractivity (Wildman–Crippen MR) is 84.8 cm³/mol. The van der Waals surface area contributed by atoms with Gasteiger partial charge in [0.1, 0.15) is 5.82 Å². The van der Waals surface area contributed by atoms with Crippen molar-refractivity contribution in [2.24, 2.45) is 0 Å². The minimum atomic E-state index is -1.20. The molecule has 2 N–H and O–H groups in total. The summed E-state index contributed by atoms with van der Waals surface area (Å²) in [5.41, 5.74) is 0.0527. The smallest absolute Gasteiger partial charge is 0.253 e. The van der Waals surface area contributed by atoms with Gasteiger partial charge in [-0.05, 0) is 58.8 Å². The van der Waals surface area contributed by atoms with Crippen LogP contribution in [0, 0.1) is 21.0 Å². The molecule has 0 atom stereocenters. The van der Waals surface area contributed by atoms with Crippen LogP contribution in [-0.4, -0.2) is 12.5 Å². The molecule has 0 fully saturated rings. The molecule has 1 aliphatic rings. The Morgan fingerprint density at radius 1 is 1.14 bits per heavy atom. The van der Waals surface area contributed by atoms with Crippen LogP contribution in [0.1, 0.15) is 15.9 Å². The molecule has 114 valence electrons. The summed E-state index contributed by atoms with van der Waals surface area (Å²) >= 11 is 1.94. The molecule has 0 radical (unpaired) electrons. The van der Waals surface area contributed by atoms with E-state index < -0.39 is 23.4 Å². The van der Waals surface area contributed by atoms with Crippen LogP contribution in [0.15, 0.2) is 24.3 Å². The van der Waals surface area contributed by atoms with Gasteiger partial charge in [0.05, 0.1) is 16.9 Å². The molecule has 1 aliphatic heterocycles. The van der Waals surface area contributed by atoms with E-state index in [1.54, 1.807) is 6.07 Å². The first-order valence-corrected chi connectivity index (χ1v) is 7.56. The third-order valence-corrected chi connectivity index (χ3v) is 4.07. The molecule has 0 bridgehead atoms. The molecule has 0 saturated carbocycles. The minimum Gasteiger partial charge on any atom is -0.352 e. The molecule has 2 aromatic rings. The molecule has 0 unspecified atom stereocenters. The van der Waals surface area contributed by atoms with Crippen molar-refractivity contribution in [3.63, 3.8) is 0 Å². The number of fused-ring (bicyclic) bond motifs is 1. The van der Waals surface area contributed by atoms with Gasteiger partial charge in [-0.25, -0.2) is 13.2 Å². The molecule has 3 rings (SSSR count). The lowest BCUT2D eigenvalue weighted by Gasteiger charge is -2.21. The van der Waals surface area contributed by atoms with E-state index in [1.165, 1.54) is 12.1 Å². The third-order valence-electron chi connectivity index (χ3n) is 3.40. The second kappa shape index (κ2) is 5.79. The minimum absolute atomic E-state index is 0.0168. The number of rotatable bonds is 2. The molecule has 1 heterocycles. The summed E-state index contributed by atoms with van der Waals surface area (Å²) in [5, 5.41) is 5.08. The van der Waals surface area contributed by atoms with Crippen molar-refractivity contribution in [1.82, 2.24) is 5.32 Å². The zero-order valence-corrected chi connectivity index (χ0v) is 13.3. The molecule has 22 heavy (non-hydrogen) atoms. The Bertz CT molecular complexity index is 780. The number of hydrogen-bond donors (Lipinski definition) is 2. The lowest BCUT2D eigenvalue weighted by atomic mass is 9.97. The average molecular weight is 418 g/mol. The van der Waals surface area contributed by atoms with E-state index in [4.69, 9.17) is 0 Å². The molecular formula is C15H10F3IN2O. The quantitative estimate of drug-likeness (QED) is 0.730. The molecule has 0 saturated heterocycles. The number of benzene rings is 2. The van der Waals surface area contributed by atoms with Crippen LogP contribution in [0.4, 0.5) is 24.5 Å². The van der Waals surface area contributed by atoms with Gasteiger partial charge in [-0.15, -0.1) is 0 Å². The number of nitrogens with one attached hydrogen (secondary N) is 2. The van der Waals surface area contributed by atoms with Crippen LogP contribution in [0.2, 0.25) is 0 Å². The van der Waals surface area contributed by atoms with Crippen LogP contribution in [0.25, 0.3) is 0 Å². The largest absolute Gasteiger partial charge is 0.352 e. The fourth-order valence-corrected chi connectivity index (χ4v) is 2.83. The van der Waals surface area contributed by atoms with Crippen molar-refractivity contribution in [2.45, 2.75) is 6.42 Å². The normalized spacial score (nSPS) is 13.5. The topological polar surface area (TPSA) is 41.1 Å². The van der Waals surface area contributed by atoms with Crippen molar-refractivity contribution in [1.29, 1.82) is 0 Å². The standard InChI is InChI=1S/C15H10F3IN2O/c16-9-6-8(19)1-2-11(9)21-14-12-7(3-4-20-15(12)22)5-10(17)13(14)18/h1-2,5-6,21H,3-4H2,(H,20,22). The highest BCUT2D eigenvalue weighted by molar-refractivity contribution is 14.1. The first kappa shape index (κ1) is 15.1. The van der Waals surface area contributed by atoms with Crippen molar-refractivity contribution < 1.29 is 18.0 Å². The highest BCUT2D eigenvalue weighted by Crippen LogP contribution is 2.32. The Morgan fingerprint density at radius 3 is 2.64 bits per heavy atom. The SMILES string of the molecule is O=C1NCCc2cc(F)c(F)c(Nc3ccc(I)cc3F)c21. The fraction of sp³-hybridized carbons (Fsp3) is 0.133. The molecular weight excluding hydrogens is 408 g/mol. The van der Waals surface area contributed by atoms with Gasteiger partial charge in [0, 0.05) is 10.1 Å². The Labute approximate surface area is 138 Å². The summed E-state index contributed by atoms with van der Waals surface area (Å²) in [6.07, 6.45) is 0.391. The maximum Gasteiger partial charge on any atom is 0.253 e. The van der Waals surface area contributed by atoms with Crippen molar-refractivity contribution >= 4 is 39.9 Å². The lowest BCUT2D eigenvalue weighted by Crippen LogP contribution is -2.33. The summed E-state index contributed by atoms with van der Waals surface area (Å²) < 4.78 is 42.4. The fourth-order valence-electron chi connectivity index (χ4n) is 2.38. The van der Waals surface area contributed by atoms with E-state index in [-0.39, 0.29) is 16.9 Å². The lowest BCUT2D eigenvalue weighted by molar-refractivity contribution is 0.0946. The van der Waals surface area contributed by atoms with Crippen LogP contribution in [0.5, 0.6) is 0 Å². The molecule has 0 aliphatic carbocycles. The van der Waals surface area contributed by atoms with E-state index in [0.29, 0.717) is 22.1 Å². The highest BCUT2D eigenvalue weighted by atomic mass is 127. The second-order valence-electron chi connectivity index (χ2n) is 4.84. The van der Waals surface area contributed by atoms with E-state index in [2.05, 4.69) is 10.6 Å². The molecule has 2 aromatic carbocycles. The zero-order chi connectivity index (χ0) is 15.9. The number of carbonyl (C=O) groups excluding carboxylic acids is 1. The summed E-state index contributed by atoms with van der Waals surface area (Å²) in [4.78, 5) is 12.0. The van der Waals surface area contributed by atoms with E-state index in [0.717, 1.165) is 6.07 Å². The summed E-state index contributed by atoms with van der Waals surface area (Å²) in [6, 6.07) is 5.30. The van der Waals surface area contributed by atoms with Crippen LogP contribution >= 0.6 is 22.6 Å². The number of anilines is 2. The van der Waals surface area contributed by atoms with E-state index in [9.17, 15) is 18.0 Å². The average Bonchev–Trinajstić information content (AvgIpc) is 2.46. The van der Waals surface area contributed by atoms with Gasteiger partial charge < -0.3 is 10.6 Å². The summed E-state index contributed by atoms with van der Waals surface area (Å²) in [6.45, 7) is 0.355. The van der Waals surface area contributed by atoms with Crippen LogP contribution in [-0.2, 0) is 6.42 Å². The van der Waals surface area contributed by atoms with E-state index in [1.807, 2.05) is 22.6 Å². The Kier molecular flexibility index (Phi) is 3.98. The van der Waals surface area contributed by atoms with E-state index >= 15 is 0 Å². The monoisotopic (exact) mass is 418 g/mol. The first-order chi connectivity index (χ1) is 10.5. The Morgan fingerprint density at radius 2 is 1.91 bits per heavy atom. The predicted octanol–water partition coefficient (Wildman–Crippen LogP) is 3.74. The zero-order valence-electron chi connectivity index (χ0n) is 11.1. The maximum absolute atomic E-state index is 14.1. The molecule has 3 nitrogen and oxygen atoms in total. The Balaban J connectivity index is 2.13. The van der Waals surface area contributed by atoms with Crippen molar-refractivity contribution in [3.8, 4) is 0 Å². The maximum atomic E-state index is 14.1. The number of halogens is 4. The molecule has 7 heteroatoms. The van der Waals surface area contributed by atoms with Gasteiger partial charge in [0.15, 0.2) is 11.6 Å². The van der Waals surface area contributed by atoms with Gasteiger partial charge >= 0.3 is 0 Å². The number of carbonyl (C=O) groups is 1.